The second-order valence-corrected chi connectivity index (χ2v) is 4.46. The van der Waals surface area contributed by atoms with Crippen LogP contribution in [-0.2, 0) is 19.1 Å². The number of rotatable bonds is 9. The molecule has 0 aliphatic heterocycles. The summed E-state index contributed by atoms with van der Waals surface area (Å²) in [4.78, 5) is 37.2. The van der Waals surface area contributed by atoms with Crippen LogP contribution >= 0.6 is 0 Å². The first-order chi connectivity index (χ1) is 9.88. The van der Waals surface area contributed by atoms with Crippen molar-refractivity contribution in [1.82, 2.24) is 9.80 Å². The number of carboxylic acids is 1. The Labute approximate surface area is 124 Å². The second-order valence-electron chi connectivity index (χ2n) is 4.46. The Bertz CT molecular complexity index is 361. The Morgan fingerprint density at radius 3 is 2.24 bits per heavy atom. The molecule has 1 unspecified atom stereocenters. The number of ether oxygens (including phenoxy) is 2. The Morgan fingerprint density at radius 2 is 1.81 bits per heavy atom. The third kappa shape index (κ3) is 6.44. The number of amides is 2. The number of methoxy groups -OCH3 is 2. The van der Waals surface area contributed by atoms with Gasteiger partial charge in [0.15, 0.2) is 0 Å². The molecule has 0 aliphatic rings. The minimum Gasteiger partial charge on any atom is -0.480 e. The van der Waals surface area contributed by atoms with Crippen molar-refractivity contribution >= 4 is 18.0 Å². The van der Waals surface area contributed by atoms with Gasteiger partial charge in [0.05, 0.1) is 20.1 Å². The van der Waals surface area contributed by atoms with Gasteiger partial charge >= 0.3 is 18.0 Å². The molecule has 1 N–H and O–H groups in total. The number of carboxylic acid groups (broad SMARTS) is 1. The topological polar surface area (TPSA) is 96.4 Å². The van der Waals surface area contributed by atoms with Crippen molar-refractivity contribution in [2.45, 2.75) is 25.8 Å². The van der Waals surface area contributed by atoms with Crippen molar-refractivity contribution in [2.75, 3.05) is 41.0 Å². The summed E-state index contributed by atoms with van der Waals surface area (Å²) >= 11 is 0. The number of likely N-dealkylation sites (N-methyl/N-ethyl adjacent to an activating group) is 1. The van der Waals surface area contributed by atoms with Crippen molar-refractivity contribution in [3.8, 4) is 0 Å². The first-order valence-corrected chi connectivity index (χ1v) is 6.69. The molecule has 0 bridgehead atoms. The number of carbonyl (C=O) groups is 3. The van der Waals surface area contributed by atoms with E-state index >= 15 is 0 Å². The molecule has 122 valence electrons. The summed E-state index contributed by atoms with van der Waals surface area (Å²) in [5, 5.41) is 9.10. The Balaban J connectivity index is 4.82. The summed E-state index contributed by atoms with van der Waals surface area (Å²) in [5.74, 6) is -1.49. The molecule has 21 heavy (non-hydrogen) atoms. The highest BCUT2D eigenvalue weighted by atomic mass is 16.5. The van der Waals surface area contributed by atoms with Gasteiger partial charge in [-0.25, -0.2) is 9.59 Å². The van der Waals surface area contributed by atoms with Crippen LogP contribution in [0.3, 0.4) is 0 Å². The standard InChI is InChI=1S/C13H24N2O6/c1-5-10(12(17)18)14(2)13(19)15(8-9-20-3)7-6-11(16)21-4/h10H,5-9H2,1-4H3,(H,17,18). The molecular weight excluding hydrogens is 280 g/mol. The average molecular weight is 304 g/mol. The maximum atomic E-state index is 12.3. The first-order valence-electron chi connectivity index (χ1n) is 6.69. The highest BCUT2D eigenvalue weighted by Crippen LogP contribution is 2.07. The lowest BCUT2D eigenvalue weighted by molar-refractivity contribution is -0.143. The molecule has 0 saturated heterocycles. The van der Waals surface area contributed by atoms with Crippen LogP contribution in [0.25, 0.3) is 0 Å². The highest BCUT2D eigenvalue weighted by molar-refractivity contribution is 5.82. The van der Waals surface area contributed by atoms with Crippen molar-refractivity contribution in [3.63, 3.8) is 0 Å². The van der Waals surface area contributed by atoms with Gasteiger partial charge < -0.3 is 24.4 Å². The number of carbonyl (C=O) groups excluding carboxylic acids is 2. The van der Waals surface area contributed by atoms with Crippen LogP contribution in [0.5, 0.6) is 0 Å². The van der Waals surface area contributed by atoms with Gasteiger partial charge in [-0.05, 0) is 6.42 Å². The van der Waals surface area contributed by atoms with E-state index in [0.29, 0.717) is 13.0 Å². The fraction of sp³-hybridized carbons (Fsp3) is 0.769. The van der Waals surface area contributed by atoms with Crippen LogP contribution in [-0.4, -0.2) is 79.9 Å². The van der Waals surface area contributed by atoms with Crippen LogP contribution < -0.4 is 0 Å². The number of aliphatic carboxylic acids is 1. The molecule has 0 spiro atoms. The van der Waals surface area contributed by atoms with Gasteiger partial charge in [-0.3, -0.25) is 4.79 Å². The van der Waals surface area contributed by atoms with E-state index in [4.69, 9.17) is 9.84 Å². The molecule has 0 aliphatic carbocycles. The van der Waals surface area contributed by atoms with E-state index in [1.165, 1.54) is 26.2 Å². The highest BCUT2D eigenvalue weighted by Gasteiger charge is 2.28. The van der Waals surface area contributed by atoms with Crippen LogP contribution in [0.1, 0.15) is 19.8 Å². The average Bonchev–Trinajstić information content (AvgIpc) is 2.46. The SMILES string of the molecule is CCC(C(=O)O)N(C)C(=O)N(CCOC)CCC(=O)OC. The van der Waals surface area contributed by atoms with Gasteiger partial charge in [-0.2, -0.15) is 0 Å². The molecule has 0 aromatic carbocycles. The largest absolute Gasteiger partial charge is 0.480 e. The molecule has 0 aromatic rings. The van der Waals surface area contributed by atoms with E-state index in [1.807, 2.05) is 0 Å². The van der Waals surface area contributed by atoms with Crippen LogP contribution in [0.15, 0.2) is 0 Å². The normalized spacial score (nSPS) is 11.6. The fourth-order valence-corrected chi connectivity index (χ4v) is 1.80. The molecule has 1 atom stereocenters. The van der Waals surface area contributed by atoms with Gasteiger partial charge in [-0.15, -0.1) is 0 Å². The molecule has 0 aromatic heterocycles. The maximum absolute atomic E-state index is 12.3. The predicted molar refractivity (Wildman–Crippen MR) is 75.0 cm³/mol. The zero-order chi connectivity index (χ0) is 16.4. The summed E-state index contributed by atoms with van der Waals surface area (Å²) in [6.07, 6.45) is 0.344. The monoisotopic (exact) mass is 304 g/mol. The van der Waals surface area contributed by atoms with Crippen LogP contribution in [0.4, 0.5) is 4.79 Å². The molecule has 8 heteroatoms. The van der Waals surface area contributed by atoms with E-state index in [2.05, 4.69) is 4.74 Å². The van der Waals surface area contributed by atoms with Crippen molar-refractivity contribution in [2.24, 2.45) is 0 Å². The first kappa shape index (κ1) is 19.2. The van der Waals surface area contributed by atoms with Gasteiger partial charge in [0.1, 0.15) is 6.04 Å². The Hall–Kier alpha value is -1.83. The van der Waals surface area contributed by atoms with E-state index < -0.39 is 24.0 Å². The smallest absolute Gasteiger partial charge is 0.326 e. The molecule has 2 amide bonds. The number of esters is 1. The maximum Gasteiger partial charge on any atom is 0.326 e. The van der Waals surface area contributed by atoms with Gasteiger partial charge in [0.25, 0.3) is 0 Å². The van der Waals surface area contributed by atoms with Crippen molar-refractivity contribution < 1.29 is 29.0 Å². The molecule has 0 saturated carbocycles. The second kappa shape index (κ2) is 9.98. The predicted octanol–water partition coefficient (Wildman–Crippen LogP) is 0.413. The summed E-state index contributed by atoms with van der Waals surface area (Å²) in [7, 11) is 4.20. The third-order valence-corrected chi connectivity index (χ3v) is 3.09. The molecular formula is C13H24N2O6. The lowest BCUT2D eigenvalue weighted by Crippen LogP contribution is -2.50. The molecule has 0 radical (unpaired) electrons. The minimum atomic E-state index is -1.06. The number of nitrogens with zero attached hydrogens (tertiary/aromatic N) is 2. The number of urea groups is 1. The van der Waals surface area contributed by atoms with E-state index in [1.54, 1.807) is 6.92 Å². The minimum absolute atomic E-state index is 0.0453. The molecule has 0 heterocycles. The van der Waals surface area contributed by atoms with Gasteiger partial charge in [0, 0.05) is 27.2 Å². The third-order valence-electron chi connectivity index (χ3n) is 3.09. The quantitative estimate of drug-likeness (QED) is 0.620. The van der Waals surface area contributed by atoms with Gasteiger partial charge in [-0.1, -0.05) is 6.92 Å². The molecule has 0 rings (SSSR count). The Morgan fingerprint density at radius 1 is 1.19 bits per heavy atom. The fourth-order valence-electron chi connectivity index (χ4n) is 1.80. The van der Waals surface area contributed by atoms with E-state index in [-0.39, 0.29) is 19.5 Å². The molecule has 0 fully saturated rings. The van der Waals surface area contributed by atoms with Crippen LogP contribution in [0.2, 0.25) is 0 Å². The van der Waals surface area contributed by atoms with Crippen molar-refractivity contribution in [3.05, 3.63) is 0 Å². The van der Waals surface area contributed by atoms with E-state index in [0.717, 1.165) is 4.90 Å². The number of hydrogen-bond acceptors (Lipinski definition) is 5. The summed E-state index contributed by atoms with van der Waals surface area (Å²) in [6.45, 7) is 2.41. The summed E-state index contributed by atoms with van der Waals surface area (Å²) in [6, 6.07) is -1.36. The van der Waals surface area contributed by atoms with E-state index in [9.17, 15) is 14.4 Å². The Kier molecular flexibility index (Phi) is 9.11. The lowest BCUT2D eigenvalue weighted by atomic mass is 10.2. The zero-order valence-electron chi connectivity index (χ0n) is 13.0. The number of hydrogen-bond donors (Lipinski definition) is 1. The van der Waals surface area contributed by atoms with Crippen molar-refractivity contribution in [1.29, 1.82) is 0 Å². The summed E-state index contributed by atoms with van der Waals surface area (Å²) in [5.41, 5.74) is 0. The van der Waals surface area contributed by atoms with Gasteiger partial charge in [0.2, 0.25) is 0 Å². The molecule has 8 nitrogen and oxygen atoms in total. The lowest BCUT2D eigenvalue weighted by Gasteiger charge is -2.31. The zero-order valence-corrected chi connectivity index (χ0v) is 13.0. The summed E-state index contributed by atoms with van der Waals surface area (Å²) < 4.78 is 9.46. The van der Waals surface area contributed by atoms with Crippen LogP contribution in [0, 0.1) is 0 Å².